The number of aromatic nitrogens is 4. The molecule has 2 fully saturated rings. The molecule has 1 saturated heterocycles. The number of piperidine rings is 1. The number of nitrogens with zero attached hydrogens (tertiary/aromatic N) is 5. The van der Waals surface area contributed by atoms with Crippen LogP contribution in [0.4, 0.5) is 4.39 Å². The Bertz CT molecular complexity index is 1430. The number of carbonyl (C=O) groups is 1. The van der Waals surface area contributed by atoms with Gasteiger partial charge in [-0.1, -0.05) is 6.92 Å². The number of rotatable bonds is 5. The smallest absolute Gasteiger partial charge is 0.255 e. The maximum absolute atomic E-state index is 14.2. The van der Waals surface area contributed by atoms with Gasteiger partial charge in [0.2, 0.25) is 0 Å². The quantitative estimate of drug-likeness (QED) is 0.412. The third-order valence-corrected chi connectivity index (χ3v) is 7.33. The second-order valence-electron chi connectivity index (χ2n) is 10.2. The topological polar surface area (TPSA) is 64.7 Å². The molecule has 4 aromatic rings. The number of hydrogen-bond donors (Lipinski definition) is 0. The van der Waals surface area contributed by atoms with Crippen LogP contribution in [-0.2, 0) is 6.54 Å². The molecule has 35 heavy (non-hydrogen) atoms. The molecule has 182 valence electrons. The van der Waals surface area contributed by atoms with Crippen molar-refractivity contribution in [1.29, 1.82) is 0 Å². The molecule has 7 nitrogen and oxygen atoms in total. The molecule has 1 amide bonds. The minimum absolute atomic E-state index is 0.126. The minimum atomic E-state index is -0.992. The van der Waals surface area contributed by atoms with Crippen molar-refractivity contribution in [3.8, 4) is 17.1 Å². The maximum Gasteiger partial charge on any atom is 0.255 e. The van der Waals surface area contributed by atoms with E-state index in [4.69, 9.17) is 9.84 Å². The molecule has 0 aromatic carbocycles. The summed E-state index contributed by atoms with van der Waals surface area (Å²) in [6.07, 6.45) is 5.56. The fraction of sp³-hybridized carbons (Fsp3) is 0.444. The normalized spacial score (nSPS) is 20.6. The standard InChI is InChI=1S/C27H30FN5O2/c1-16-9-21(28)15-31(12-16)27(34)20-11-23(35-3)25-17(2)24(30-33(25)14-20)22-10-19-5-4-8-29-26(19)32(22)13-18-6-7-18/h4-5,8,10-11,14,16,18,21H,6-7,9,12-13,15H2,1-3H3/t16-,21-/m1/s1. The lowest BCUT2D eigenvalue weighted by molar-refractivity contribution is 0.0554. The van der Waals surface area contributed by atoms with Crippen molar-refractivity contribution in [2.75, 3.05) is 20.2 Å². The van der Waals surface area contributed by atoms with Crippen molar-refractivity contribution in [2.45, 2.75) is 45.8 Å². The molecule has 0 radical (unpaired) electrons. The fourth-order valence-electron chi connectivity index (χ4n) is 5.45. The molecule has 2 aliphatic rings. The van der Waals surface area contributed by atoms with Gasteiger partial charge < -0.3 is 14.2 Å². The highest BCUT2D eigenvalue weighted by atomic mass is 19.1. The highest BCUT2D eigenvalue weighted by molar-refractivity contribution is 5.96. The Kier molecular flexibility index (Phi) is 5.27. The molecule has 0 bridgehead atoms. The van der Waals surface area contributed by atoms with Crippen molar-refractivity contribution in [3.05, 3.63) is 47.8 Å². The lowest BCUT2D eigenvalue weighted by atomic mass is 9.98. The van der Waals surface area contributed by atoms with Crippen molar-refractivity contribution in [1.82, 2.24) is 24.1 Å². The Morgan fingerprint density at radius 1 is 1.26 bits per heavy atom. The molecule has 1 saturated carbocycles. The Labute approximate surface area is 203 Å². The zero-order valence-corrected chi connectivity index (χ0v) is 20.4. The number of aryl methyl sites for hydroxylation is 1. The van der Waals surface area contributed by atoms with Gasteiger partial charge in [-0.2, -0.15) is 5.10 Å². The monoisotopic (exact) mass is 475 g/mol. The average Bonchev–Trinajstić information content (AvgIpc) is 3.51. The van der Waals surface area contributed by atoms with Crippen LogP contribution >= 0.6 is 0 Å². The molecule has 0 unspecified atom stereocenters. The van der Waals surface area contributed by atoms with E-state index in [1.54, 1.807) is 28.8 Å². The summed E-state index contributed by atoms with van der Waals surface area (Å²) in [5, 5.41) is 6.02. The van der Waals surface area contributed by atoms with Crippen molar-refractivity contribution >= 4 is 22.5 Å². The average molecular weight is 476 g/mol. The summed E-state index contributed by atoms with van der Waals surface area (Å²) in [6.45, 7) is 5.61. The number of alkyl halides is 1. The van der Waals surface area contributed by atoms with Crippen molar-refractivity contribution < 1.29 is 13.9 Å². The van der Waals surface area contributed by atoms with E-state index >= 15 is 0 Å². The van der Waals surface area contributed by atoms with Crippen LogP contribution in [0.25, 0.3) is 27.9 Å². The predicted octanol–water partition coefficient (Wildman–Crippen LogP) is 4.90. The molecule has 2 atom stereocenters. The highest BCUT2D eigenvalue weighted by Crippen LogP contribution is 2.38. The molecule has 0 N–H and O–H groups in total. The molecule has 1 aliphatic carbocycles. The summed E-state index contributed by atoms with van der Waals surface area (Å²) >= 11 is 0. The molecular weight excluding hydrogens is 445 g/mol. The number of methoxy groups -OCH3 is 1. The van der Waals surface area contributed by atoms with Gasteiger partial charge in [-0.25, -0.2) is 13.9 Å². The molecule has 4 aromatic heterocycles. The summed E-state index contributed by atoms with van der Waals surface area (Å²) in [5.41, 5.74) is 5.09. The maximum atomic E-state index is 14.2. The van der Waals surface area contributed by atoms with Gasteiger partial charge in [-0.05, 0) is 62.3 Å². The molecule has 6 rings (SSSR count). The van der Waals surface area contributed by atoms with Crippen molar-refractivity contribution in [3.63, 3.8) is 0 Å². The minimum Gasteiger partial charge on any atom is -0.494 e. The van der Waals surface area contributed by atoms with Crippen LogP contribution in [0.2, 0.25) is 0 Å². The second-order valence-corrected chi connectivity index (χ2v) is 10.2. The largest absolute Gasteiger partial charge is 0.494 e. The van der Waals surface area contributed by atoms with Crippen LogP contribution in [0, 0.1) is 18.8 Å². The van der Waals surface area contributed by atoms with Crippen molar-refractivity contribution in [2.24, 2.45) is 11.8 Å². The predicted molar refractivity (Wildman–Crippen MR) is 133 cm³/mol. The number of hydrogen-bond acceptors (Lipinski definition) is 4. The number of halogens is 1. The third-order valence-electron chi connectivity index (χ3n) is 7.33. The van der Waals surface area contributed by atoms with Gasteiger partial charge in [-0.15, -0.1) is 0 Å². The summed E-state index contributed by atoms with van der Waals surface area (Å²) in [6, 6.07) is 7.93. The fourth-order valence-corrected chi connectivity index (χ4v) is 5.45. The number of fused-ring (bicyclic) bond motifs is 2. The SMILES string of the molecule is COc1cc(C(=O)N2C[C@H](C)C[C@@H](F)C2)cn2nc(-c3cc4cccnc4n3CC3CC3)c(C)c12. The van der Waals surface area contributed by atoms with E-state index in [0.717, 1.165) is 40.0 Å². The first-order valence-corrected chi connectivity index (χ1v) is 12.4. The van der Waals surface area contributed by atoms with E-state index in [9.17, 15) is 9.18 Å². The summed E-state index contributed by atoms with van der Waals surface area (Å²) in [4.78, 5) is 19.6. The second kappa shape index (κ2) is 8.36. The van der Waals surface area contributed by atoms with E-state index in [2.05, 4.69) is 21.7 Å². The third kappa shape index (κ3) is 3.85. The summed E-state index contributed by atoms with van der Waals surface area (Å²) < 4.78 is 23.9. The number of pyridine rings is 2. The Balaban J connectivity index is 1.46. The lowest BCUT2D eigenvalue weighted by Crippen LogP contribution is -2.44. The van der Waals surface area contributed by atoms with Gasteiger partial charge in [-0.3, -0.25) is 4.79 Å². The first kappa shape index (κ1) is 22.1. The Morgan fingerprint density at radius 3 is 2.83 bits per heavy atom. The van der Waals surface area contributed by atoms with Crippen LogP contribution in [-0.4, -0.2) is 56.3 Å². The summed E-state index contributed by atoms with van der Waals surface area (Å²) in [7, 11) is 1.60. The van der Waals surface area contributed by atoms with Crippen LogP contribution < -0.4 is 4.74 Å². The number of carbonyl (C=O) groups excluding carboxylic acids is 1. The molecular formula is C27H30FN5O2. The van der Waals surface area contributed by atoms with E-state index < -0.39 is 6.17 Å². The van der Waals surface area contributed by atoms with E-state index in [1.807, 2.05) is 26.1 Å². The van der Waals surface area contributed by atoms with E-state index in [1.165, 1.54) is 12.8 Å². The zero-order valence-electron chi connectivity index (χ0n) is 20.4. The Hall–Kier alpha value is -3.42. The molecule has 0 spiro atoms. The molecule has 1 aliphatic heterocycles. The van der Waals surface area contributed by atoms with Gasteiger partial charge in [0.1, 0.15) is 28.8 Å². The first-order chi connectivity index (χ1) is 16.9. The zero-order chi connectivity index (χ0) is 24.3. The first-order valence-electron chi connectivity index (χ1n) is 12.4. The van der Waals surface area contributed by atoms with Gasteiger partial charge >= 0.3 is 0 Å². The van der Waals surface area contributed by atoms with Crippen LogP contribution in [0.3, 0.4) is 0 Å². The molecule has 8 heteroatoms. The van der Waals surface area contributed by atoms with E-state index in [-0.39, 0.29) is 18.4 Å². The number of amides is 1. The summed E-state index contributed by atoms with van der Waals surface area (Å²) in [5.74, 6) is 1.20. The molecule has 5 heterocycles. The Morgan fingerprint density at radius 2 is 2.09 bits per heavy atom. The van der Waals surface area contributed by atoms with Crippen LogP contribution in [0.5, 0.6) is 5.75 Å². The van der Waals surface area contributed by atoms with Gasteiger partial charge in [0, 0.05) is 36.4 Å². The van der Waals surface area contributed by atoms with Gasteiger partial charge in [0.25, 0.3) is 5.91 Å². The van der Waals surface area contributed by atoms with Crippen LogP contribution in [0.15, 0.2) is 36.7 Å². The van der Waals surface area contributed by atoms with E-state index in [0.29, 0.717) is 30.2 Å². The van der Waals surface area contributed by atoms with Gasteiger partial charge in [0.15, 0.2) is 0 Å². The highest BCUT2D eigenvalue weighted by Gasteiger charge is 2.30. The number of likely N-dealkylation sites (tertiary alicyclic amines) is 1. The van der Waals surface area contributed by atoms with Crippen LogP contribution in [0.1, 0.15) is 42.1 Å². The number of ether oxygens (including phenoxy) is 1. The van der Waals surface area contributed by atoms with Gasteiger partial charge in [0.05, 0.1) is 24.9 Å². The lowest BCUT2D eigenvalue weighted by Gasteiger charge is -2.33.